The van der Waals surface area contributed by atoms with Crippen LogP contribution < -0.4 is 19.5 Å². The first-order valence-corrected chi connectivity index (χ1v) is 8.97. The van der Waals surface area contributed by atoms with Crippen LogP contribution >= 0.6 is 0 Å². The molecule has 2 aliphatic rings. The molecule has 0 saturated carbocycles. The van der Waals surface area contributed by atoms with Gasteiger partial charge in [-0.2, -0.15) is 0 Å². The van der Waals surface area contributed by atoms with Crippen LogP contribution in [0.25, 0.3) is 0 Å². The number of ether oxygens (including phenoxy) is 3. The average molecular weight is 402 g/mol. The monoisotopic (exact) mass is 402 g/mol. The normalized spacial score (nSPS) is 21.3. The lowest BCUT2D eigenvalue weighted by Crippen LogP contribution is -2.42. The number of aliphatic hydroxyl groups excluding tert-OH is 1. The Morgan fingerprint density at radius 3 is 2.69 bits per heavy atom. The molecule has 0 spiro atoms. The van der Waals surface area contributed by atoms with Gasteiger partial charge in [0, 0.05) is 0 Å². The van der Waals surface area contributed by atoms with Gasteiger partial charge in [0.25, 0.3) is 5.91 Å². The van der Waals surface area contributed by atoms with Crippen LogP contribution in [0.15, 0.2) is 42.5 Å². The van der Waals surface area contributed by atoms with Gasteiger partial charge in [0.15, 0.2) is 11.5 Å². The van der Waals surface area contributed by atoms with Crippen LogP contribution in [0.1, 0.15) is 12.5 Å². The van der Waals surface area contributed by atoms with Crippen molar-refractivity contribution in [2.75, 3.05) is 19.9 Å². The van der Waals surface area contributed by atoms with Crippen molar-refractivity contribution in [1.29, 1.82) is 0 Å². The molecule has 0 aromatic heterocycles. The molecule has 2 heterocycles. The van der Waals surface area contributed by atoms with Gasteiger partial charge in [-0.25, -0.2) is 9.18 Å². The van der Waals surface area contributed by atoms with Crippen molar-refractivity contribution in [2.45, 2.75) is 18.6 Å². The third kappa shape index (κ3) is 3.56. The van der Waals surface area contributed by atoms with E-state index in [4.69, 9.17) is 14.2 Å². The SMILES string of the molecule is C[C@@]1(c2ccc3c(c2)OCO3)NC(=O)N(C[C@H](O)COc2ccc(F)cc2)C1=O. The maximum Gasteiger partial charge on any atom is 0.325 e. The van der Waals surface area contributed by atoms with Crippen molar-refractivity contribution in [1.82, 2.24) is 10.2 Å². The van der Waals surface area contributed by atoms with E-state index in [-0.39, 0.29) is 19.9 Å². The molecule has 152 valence electrons. The first kappa shape index (κ1) is 19.0. The van der Waals surface area contributed by atoms with E-state index in [0.717, 1.165) is 4.90 Å². The molecule has 9 heteroatoms. The fourth-order valence-electron chi connectivity index (χ4n) is 3.25. The molecule has 4 rings (SSSR count). The number of rotatable bonds is 6. The van der Waals surface area contributed by atoms with E-state index in [1.165, 1.54) is 24.3 Å². The van der Waals surface area contributed by atoms with Gasteiger partial charge in [0.2, 0.25) is 6.79 Å². The zero-order valence-corrected chi connectivity index (χ0v) is 15.6. The Labute approximate surface area is 165 Å². The summed E-state index contributed by atoms with van der Waals surface area (Å²) in [6.45, 7) is 1.28. The number of halogens is 1. The molecule has 0 radical (unpaired) electrons. The van der Waals surface area contributed by atoms with Gasteiger partial charge in [-0.15, -0.1) is 0 Å². The number of urea groups is 1. The number of amides is 3. The highest BCUT2D eigenvalue weighted by atomic mass is 19.1. The molecule has 3 amide bonds. The minimum Gasteiger partial charge on any atom is -0.491 e. The Kier molecular flexibility index (Phi) is 4.75. The highest BCUT2D eigenvalue weighted by molar-refractivity contribution is 6.07. The summed E-state index contributed by atoms with van der Waals surface area (Å²) < 4.78 is 28.9. The quantitative estimate of drug-likeness (QED) is 0.715. The number of imide groups is 1. The number of hydrogen-bond donors (Lipinski definition) is 2. The maximum atomic E-state index is 13.0. The molecule has 2 aromatic rings. The van der Waals surface area contributed by atoms with Crippen molar-refractivity contribution in [3.05, 3.63) is 53.8 Å². The van der Waals surface area contributed by atoms with E-state index in [9.17, 15) is 19.1 Å². The van der Waals surface area contributed by atoms with Gasteiger partial charge in [-0.05, 0) is 48.9 Å². The number of hydrogen-bond acceptors (Lipinski definition) is 6. The summed E-state index contributed by atoms with van der Waals surface area (Å²) in [5.41, 5.74) is -0.755. The van der Waals surface area contributed by atoms with Crippen LogP contribution in [-0.4, -0.2) is 48.0 Å². The summed E-state index contributed by atoms with van der Waals surface area (Å²) in [6.07, 6.45) is -1.12. The Hall–Kier alpha value is -3.33. The van der Waals surface area contributed by atoms with Gasteiger partial charge in [-0.3, -0.25) is 9.69 Å². The van der Waals surface area contributed by atoms with Crippen molar-refractivity contribution < 1.29 is 33.3 Å². The predicted molar refractivity (Wildman–Crippen MR) is 98.1 cm³/mol. The largest absolute Gasteiger partial charge is 0.491 e. The molecular weight excluding hydrogens is 383 g/mol. The Balaban J connectivity index is 1.43. The molecule has 8 nitrogen and oxygen atoms in total. The van der Waals surface area contributed by atoms with Crippen molar-refractivity contribution in [2.24, 2.45) is 0 Å². The van der Waals surface area contributed by atoms with E-state index in [1.54, 1.807) is 25.1 Å². The van der Waals surface area contributed by atoms with Gasteiger partial charge < -0.3 is 24.6 Å². The van der Waals surface area contributed by atoms with Gasteiger partial charge in [0.1, 0.15) is 29.8 Å². The number of carbonyl (C=O) groups excluding carboxylic acids is 2. The van der Waals surface area contributed by atoms with Gasteiger partial charge in [-0.1, -0.05) is 6.07 Å². The Morgan fingerprint density at radius 1 is 1.21 bits per heavy atom. The smallest absolute Gasteiger partial charge is 0.325 e. The number of β-amino-alcohol motifs (C(OH)–C–C–N with tert-alkyl or cyclic N) is 1. The number of fused-ring (bicyclic) bond motifs is 1. The molecular formula is C20H19FN2O6. The number of aliphatic hydroxyl groups is 1. The molecule has 29 heavy (non-hydrogen) atoms. The predicted octanol–water partition coefficient (Wildman–Crippen LogP) is 1.76. The number of benzene rings is 2. The highest BCUT2D eigenvalue weighted by Crippen LogP contribution is 2.37. The maximum absolute atomic E-state index is 13.0. The summed E-state index contributed by atoms with van der Waals surface area (Å²) in [5.74, 6) is 0.534. The molecule has 2 aromatic carbocycles. The van der Waals surface area contributed by atoms with E-state index >= 15 is 0 Å². The lowest BCUT2D eigenvalue weighted by Gasteiger charge is -2.23. The minimum absolute atomic E-state index is 0.0994. The molecule has 1 saturated heterocycles. The zero-order valence-electron chi connectivity index (χ0n) is 15.6. The molecule has 2 atom stereocenters. The van der Waals surface area contributed by atoms with Crippen LogP contribution in [0.5, 0.6) is 17.2 Å². The number of nitrogens with one attached hydrogen (secondary N) is 1. The lowest BCUT2D eigenvalue weighted by atomic mass is 9.91. The average Bonchev–Trinajstić information content (AvgIpc) is 3.26. The van der Waals surface area contributed by atoms with E-state index < -0.39 is 29.4 Å². The lowest BCUT2D eigenvalue weighted by molar-refractivity contribution is -0.132. The van der Waals surface area contributed by atoms with Gasteiger partial charge in [0.05, 0.1) is 6.54 Å². The first-order valence-electron chi connectivity index (χ1n) is 8.97. The summed E-state index contributed by atoms with van der Waals surface area (Å²) in [4.78, 5) is 26.3. The van der Waals surface area contributed by atoms with Crippen molar-refractivity contribution in [3.8, 4) is 17.2 Å². The second-order valence-corrected chi connectivity index (χ2v) is 6.96. The second kappa shape index (κ2) is 7.25. The van der Waals surface area contributed by atoms with Crippen molar-refractivity contribution in [3.63, 3.8) is 0 Å². The fraction of sp³-hybridized carbons (Fsp3) is 0.300. The summed E-state index contributed by atoms with van der Waals surface area (Å²) in [5, 5.41) is 12.9. The molecule has 0 bridgehead atoms. The Bertz CT molecular complexity index is 950. The molecule has 2 N–H and O–H groups in total. The van der Waals surface area contributed by atoms with Gasteiger partial charge >= 0.3 is 6.03 Å². The summed E-state index contributed by atoms with van der Waals surface area (Å²) in [7, 11) is 0. The Morgan fingerprint density at radius 2 is 1.93 bits per heavy atom. The third-order valence-corrected chi connectivity index (χ3v) is 4.87. The molecule has 0 unspecified atom stereocenters. The van der Waals surface area contributed by atoms with Crippen LogP contribution in [0.2, 0.25) is 0 Å². The number of nitrogens with zero attached hydrogens (tertiary/aromatic N) is 1. The van der Waals surface area contributed by atoms with E-state index in [2.05, 4.69) is 5.32 Å². The van der Waals surface area contributed by atoms with Crippen molar-refractivity contribution >= 4 is 11.9 Å². The summed E-state index contributed by atoms with van der Waals surface area (Å²) in [6, 6.07) is 9.71. The topological polar surface area (TPSA) is 97.3 Å². The van der Waals surface area contributed by atoms with Crippen LogP contribution in [0.3, 0.4) is 0 Å². The first-order chi connectivity index (χ1) is 13.9. The molecule has 1 fully saturated rings. The van der Waals surface area contributed by atoms with E-state index in [0.29, 0.717) is 22.8 Å². The summed E-state index contributed by atoms with van der Waals surface area (Å²) >= 11 is 0. The second-order valence-electron chi connectivity index (χ2n) is 6.96. The molecule has 2 aliphatic heterocycles. The van der Waals surface area contributed by atoms with E-state index in [1.807, 2.05) is 0 Å². The van der Waals surface area contributed by atoms with Crippen LogP contribution in [-0.2, 0) is 10.3 Å². The van der Waals surface area contributed by atoms with Crippen LogP contribution in [0, 0.1) is 5.82 Å². The van der Waals surface area contributed by atoms with Crippen LogP contribution in [0.4, 0.5) is 9.18 Å². The highest BCUT2D eigenvalue weighted by Gasteiger charge is 2.49. The number of carbonyl (C=O) groups is 2. The molecule has 0 aliphatic carbocycles. The fourth-order valence-corrected chi connectivity index (χ4v) is 3.25. The minimum atomic E-state index is -1.30. The zero-order chi connectivity index (χ0) is 20.6. The third-order valence-electron chi connectivity index (χ3n) is 4.87. The standard InChI is InChI=1S/C20H19FN2O6/c1-20(12-2-7-16-17(8-12)29-11-28-16)18(25)23(19(26)22-20)9-14(24)10-27-15-5-3-13(21)4-6-15/h2-8,14,24H,9-11H2,1H3,(H,22,26)/t14-,20-/m0/s1.